The van der Waals surface area contributed by atoms with Crippen LogP contribution in [0.15, 0.2) is 28.4 Å². The molecule has 3 N–H and O–H groups in total. The topological polar surface area (TPSA) is 99.0 Å². The lowest BCUT2D eigenvalue weighted by atomic mass is 10.00. The minimum Gasteiger partial charge on any atom is -0.480 e. The van der Waals surface area contributed by atoms with E-state index in [-0.39, 0.29) is 12.1 Å². The SMILES string of the molecule is CCCN=C/C=C1\C=C(C(=O)O)N[C@H](C(=O)O)C1. The molecule has 0 radical (unpaired) electrons. The maximum Gasteiger partial charge on any atom is 0.351 e. The molecule has 98 valence electrons. The van der Waals surface area contributed by atoms with Crippen molar-refractivity contribution >= 4 is 18.2 Å². The summed E-state index contributed by atoms with van der Waals surface area (Å²) in [6, 6.07) is -0.910. The van der Waals surface area contributed by atoms with Gasteiger partial charge in [-0.15, -0.1) is 0 Å². The molecule has 0 saturated heterocycles. The molecule has 0 saturated carbocycles. The number of hydrogen-bond acceptors (Lipinski definition) is 4. The fourth-order valence-corrected chi connectivity index (χ4v) is 1.50. The Labute approximate surface area is 105 Å². The summed E-state index contributed by atoms with van der Waals surface area (Å²) < 4.78 is 0. The molecule has 0 aliphatic carbocycles. The monoisotopic (exact) mass is 252 g/mol. The Morgan fingerprint density at radius 1 is 1.56 bits per heavy atom. The van der Waals surface area contributed by atoms with Crippen molar-refractivity contribution in [1.29, 1.82) is 0 Å². The standard InChI is InChI=1S/C12H16N2O4/c1-2-4-13-5-3-8-6-9(11(15)16)14-10(7-8)12(17)18/h3,5-6,10,14H,2,4,7H2,1H3,(H,15,16)(H,17,18)/b8-3+,13-5?/t10-/m0/s1. The molecular weight excluding hydrogens is 236 g/mol. The van der Waals surface area contributed by atoms with E-state index < -0.39 is 18.0 Å². The molecule has 0 unspecified atom stereocenters. The second-order valence-electron chi connectivity index (χ2n) is 3.90. The fourth-order valence-electron chi connectivity index (χ4n) is 1.50. The van der Waals surface area contributed by atoms with E-state index in [2.05, 4.69) is 10.3 Å². The van der Waals surface area contributed by atoms with Crippen LogP contribution in [0.4, 0.5) is 0 Å². The van der Waals surface area contributed by atoms with E-state index in [0.717, 1.165) is 6.42 Å². The quantitative estimate of drug-likeness (QED) is 0.629. The third-order valence-corrected chi connectivity index (χ3v) is 2.37. The van der Waals surface area contributed by atoms with Gasteiger partial charge in [-0.05, 0) is 24.1 Å². The summed E-state index contributed by atoms with van der Waals surface area (Å²) in [5.41, 5.74) is 0.530. The van der Waals surface area contributed by atoms with Crippen molar-refractivity contribution in [3.05, 3.63) is 23.4 Å². The molecule has 1 heterocycles. The van der Waals surface area contributed by atoms with Crippen LogP contribution in [0.5, 0.6) is 0 Å². The van der Waals surface area contributed by atoms with Gasteiger partial charge < -0.3 is 15.5 Å². The van der Waals surface area contributed by atoms with Crippen molar-refractivity contribution in [2.75, 3.05) is 6.54 Å². The van der Waals surface area contributed by atoms with E-state index in [1.54, 1.807) is 12.3 Å². The highest BCUT2D eigenvalue weighted by molar-refractivity contribution is 5.89. The Morgan fingerprint density at radius 3 is 2.83 bits per heavy atom. The maximum atomic E-state index is 10.9. The Bertz CT molecular complexity index is 424. The van der Waals surface area contributed by atoms with Gasteiger partial charge in [0, 0.05) is 19.2 Å². The van der Waals surface area contributed by atoms with Gasteiger partial charge in [0.15, 0.2) is 0 Å². The molecule has 0 aromatic rings. The highest BCUT2D eigenvalue weighted by Crippen LogP contribution is 2.16. The molecule has 0 amide bonds. The summed E-state index contributed by atoms with van der Waals surface area (Å²) in [6.07, 6.45) is 5.83. The number of carboxylic acids is 2. The van der Waals surface area contributed by atoms with Crippen LogP contribution in [-0.2, 0) is 9.59 Å². The van der Waals surface area contributed by atoms with E-state index in [1.807, 2.05) is 6.92 Å². The van der Waals surface area contributed by atoms with Crippen LogP contribution in [-0.4, -0.2) is 41.0 Å². The number of rotatable bonds is 5. The number of aliphatic carboxylic acids is 2. The summed E-state index contributed by atoms with van der Waals surface area (Å²) in [7, 11) is 0. The number of nitrogens with one attached hydrogen (secondary N) is 1. The first-order chi connectivity index (χ1) is 8.54. The van der Waals surface area contributed by atoms with Crippen LogP contribution in [0.25, 0.3) is 0 Å². The van der Waals surface area contributed by atoms with Gasteiger partial charge in [0.25, 0.3) is 0 Å². The summed E-state index contributed by atoms with van der Waals surface area (Å²) in [6.45, 7) is 2.69. The van der Waals surface area contributed by atoms with Crippen molar-refractivity contribution < 1.29 is 19.8 Å². The van der Waals surface area contributed by atoms with Crippen molar-refractivity contribution in [3.63, 3.8) is 0 Å². The first-order valence-corrected chi connectivity index (χ1v) is 5.68. The molecule has 6 heteroatoms. The van der Waals surface area contributed by atoms with Gasteiger partial charge in [-0.3, -0.25) is 4.99 Å². The Kier molecular flexibility index (Phi) is 5.10. The second-order valence-corrected chi connectivity index (χ2v) is 3.90. The van der Waals surface area contributed by atoms with Gasteiger partial charge in [-0.2, -0.15) is 0 Å². The van der Waals surface area contributed by atoms with Crippen LogP contribution in [0.2, 0.25) is 0 Å². The molecule has 0 spiro atoms. The first kappa shape index (κ1) is 14.0. The van der Waals surface area contributed by atoms with Crippen LogP contribution in [0.1, 0.15) is 19.8 Å². The predicted octanol–water partition coefficient (Wildman–Crippen LogP) is 0.809. The zero-order valence-electron chi connectivity index (χ0n) is 10.1. The van der Waals surface area contributed by atoms with E-state index in [9.17, 15) is 9.59 Å². The zero-order valence-corrected chi connectivity index (χ0v) is 10.1. The van der Waals surface area contributed by atoms with Gasteiger partial charge in [0.2, 0.25) is 0 Å². The van der Waals surface area contributed by atoms with Crippen molar-refractivity contribution in [1.82, 2.24) is 5.32 Å². The molecule has 0 aromatic heterocycles. The second kappa shape index (κ2) is 6.58. The van der Waals surface area contributed by atoms with Gasteiger partial charge in [0.05, 0.1) is 0 Å². The fraction of sp³-hybridized carbons (Fsp3) is 0.417. The highest BCUT2D eigenvalue weighted by Gasteiger charge is 2.25. The largest absolute Gasteiger partial charge is 0.480 e. The zero-order chi connectivity index (χ0) is 13.5. The Morgan fingerprint density at radius 2 is 2.28 bits per heavy atom. The van der Waals surface area contributed by atoms with Crippen LogP contribution in [0.3, 0.4) is 0 Å². The minimum absolute atomic E-state index is 0.108. The summed E-state index contributed by atoms with van der Waals surface area (Å²) >= 11 is 0. The van der Waals surface area contributed by atoms with Crippen molar-refractivity contribution in [2.24, 2.45) is 4.99 Å². The van der Waals surface area contributed by atoms with Gasteiger partial charge in [0.1, 0.15) is 11.7 Å². The van der Waals surface area contributed by atoms with Crippen LogP contribution < -0.4 is 5.32 Å². The van der Waals surface area contributed by atoms with Crippen LogP contribution in [0, 0.1) is 0 Å². The molecule has 1 aliphatic rings. The lowest BCUT2D eigenvalue weighted by molar-refractivity contribution is -0.139. The summed E-state index contributed by atoms with van der Waals surface area (Å²) in [4.78, 5) is 25.8. The minimum atomic E-state index is -1.17. The van der Waals surface area contributed by atoms with E-state index in [1.165, 1.54) is 6.08 Å². The Hall–Kier alpha value is -2.11. The predicted molar refractivity (Wildman–Crippen MR) is 66.6 cm³/mol. The lowest BCUT2D eigenvalue weighted by Gasteiger charge is -2.21. The number of carbonyl (C=O) groups is 2. The highest BCUT2D eigenvalue weighted by atomic mass is 16.4. The molecule has 1 aliphatic heterocycles. The molecule has 0 aromatic carbocycles. The van der Waals surface area contributed by atoms with Crippen molar-refractivity contribution in [3.8, 4) is 0 Å². The normalized spacial score (nSPS) is 21.7. The average molecular weight is 252 g/mol. The number of aliphatic imine (C=N–C) groups is 1. The summed E-state index contributed by atoms with van der Waals surface area (Å²) in [5.74, 6) is -2.24. The third-order valence-electron chi connectivity index (χ3n) is 2.37. The van der Waals surface area contributed by atoms with Gasteiger partial charge in [-0.25, -0.2) is 9.59 Å². The Balaban J connectivity index is 2.86. The first-order valence-electron chi connectivity index (χ1n) is 5.68. The van der Waals surface area contributed by atoms with Crippen molar-refractivity contribution in [2.45, 2.75) is 25.8 Å². The number of nitrogens with zero attached hydrogens (tertiary/aromatic N) is 1. The van der Waals surface area contributed by atoms with Gasteiger partial charge in [-0.1, -0.05) is 6.92 Å². The van der Waals surface area contributed by atoms with E-state index in [0.29, 0.717) is 12.1 Å². The van der Waals surface area contributed by atoms with Crippen LogP contribution >= 0.6 is 0 Å². The lowest BCUT2D eigenvalue weighted by Crippen LogP contribution is -2.41. The molecule has 0 bridgehead atoms. The summed E-state index contributed by atoms with van der Waals surface area (Å²) in [5, 5.41) is 20.3. The smallest absolute Gasteiger partial charge is 0.351 e. The molecule has 0 fully saturated rings. The molecular formula is C12H16N2O4. The number of carboxylic acid groups (broad SMARTS) is 2. The molecule has 1 atom stereocenters. The van der Waals surface area contributed by atoms with Gasteiger partial charge >= 0.3 is 11.9 Å². The maximum absolute atomic E-state index is 10.9. The van der Waals surface area contributed by atoms with E-state index >= 15 is 0 Å². The number of allylic oxidation sites excluding steroid dienone is 2. The number of hydrogen-bond donors (Lipinski definition) is 3. The average Bonchev–Trinajstić information content (AvgIpc) is 2.34. The third kappa shape index (κ3) is 4.04. The molecule has 6 nitrogen and oxygen atoms in total. The molecule has 18 heavy (non-hydrogen) atoms. The van der Waals surface area contributed by atoms with E-state index in [4.69, 9.17) is 10.2 Å². The molecule has 1 rings (SSSR count).